The average molecular weight is 140 g/mol. The van der Waals surface area contributed by atoms with Gasteiger partial charge in [-0.3, -0.25) is 0 Å². The first kappa shape index (κ1) is 5.23. The number of hydrogen-bond acceptors (Lipinski definition) is 3. The number of nitrogens with zero attached hydrogens (tertiary/aromatic N) is 1. The Balaban J connectivity index is 2.35. The van der Waals surface area contributed by atoms with Crippen LogP contribution < -0.4 is 5.73 Å². The number of anilines is 1. The van der Waals surface area contributed by atoms with Crippen LogP contribution in [0.25, 0.3) is 0 Å². The highest BCUT2D eigenvalue weighted by Crippen LogP contribution is 2.44. The van der Waals surface area contributed by atoms with E-state index < -0.39 is 0 Å². The molecule has 0 amide bonds. The smallest absolute Gasteiger partial charge is 0.137 e. The Morgan fingerprint density at radius 1 is 1.67 bits per heavy atom. The summed E-state index contributed by atoms with van der Waals surface area (Å²) < 4.78 is 0. The van der Waals surface area contributed by atoms with Gasteiger partial charge in [-0.05, 0) is 18.8 Å². The Hall–Kier alpha value is -0.570. The number of nitrogens with two attached hydrogens (primary N) is 1. The van der Waals surface area contributed by atoms with Crippen LogP contribution in [0.2, 0.25) is 0 Å². The topological polar surface area (TPSA) is 38.9 Å². The van der Waals surface area contributed by atoms with Crippen molar-refractivity contribution in [1.82, 2.24) is 4.98 Å². The van der Waals surface area contributed by atoms with Gasteiger partial charge in [0.25, 0.3) is 0 Å². The molecular weight excluding hydrogens is 132 g/mol. The lowest BCUT2D eigenvalue weighted by molar-refractivity contribution is 1.17. The van der Waals surface area contributed by atoms with Crippen LogP contribution in [0, 0.1) is 0 Å². The predicted octanol–water partition coefficient (Wildman–Crippen LogP) is 1.60. The van der Waals surface area contributed by atoms with Gasteiger partial charge >= 0.3 is 0 Å². The molecule has 1 saturated carbocycles. The molecule has 1 fully saturated rings. The fourth-order valence-electron chi connectivity index (χ4n) is 0.915. The Morgan fingerprint density at radius 3 is 2.89 bits per heavy atom. The molecule has 2 nitrogen and oxygen atoms in total. The molecule has 1 aromatic heterocycles. The highest BCUT2D eigenvalue weighted by Gasteiger charge is 2.26. The molecule has 2 N–H and O–H groups in total. The van der Waals surface area contributed by atoms with E-state index in [9.17, 15) is 0 Å². The van der Waals surface area contributed by atoms with Crippen molar-refractivity contribution in [3.8, 4) is 0 Å². The molecule has 1 aliphatic carbocycles. The van der Waals surface area contributed by atoms with E-state index in [0.29, 0.717) is 0 Å². The zero-order chi connectivity index (χ0) is 6.27. The van der Waals surface area contributed by atoms with E-state index >= 15 is 0 Å². The first-order valence-corrected chi connectivity index (χ1v) is 3.95. The fourth-order valence-corrected chi connectivity index (χ4v) is 1.80. The van der Waals surface area contributed by atoms with Gasteiger partial charge in [-0.15, -0.1) is 11.3 Å². The Bertz CT molecular complexity index is 215. The van der Waals surface area contributed by atoms with Crippen LogP contribution in [0.4, 0.5) is 5.82 Å². The number of aromatic nitrogens is 1. The first-order valence-electron chi connectivity index (χ1n) is 3.07. The first-order chi connectivity index (χ1) is 4.38. The second kappa shape index (κ2) is 1.70. The van der Waals surface area contributed by atoms with E-state index in [-0.39, 0.29) is 0 Å². The summed E-state index contributed by atoms with van der Waals surface area (Å²) in [5.74, 6) is 1.51. The molecule has 0 aliphatic heterocycles. The average Bonchev–Trinajstić information content (AvgIpc) is 2.58. The lowest BCUT2D eigenvalue weighted by atomic mass is 10.3. The highest BCUT2D eigenvalue weighted by molar-refractivity contribution is 7.10. The van der Waals surface area contributed by atoms with E-state index in [0.717, 1.165) is 11.7 Å². The largest absolute Gasteiger partial charge is 0.383 e. The summed E-state index contributed by atoms with van der Waals surface area (Å²) in [5.41, 5.74) is 7.40. The number of hydrogen-bond donors (Lipinski definition) is 1. The Kier molecular flexibility index (Phi) is 0.990. The van der Waals surface area contributed by atoms with E-state index in [1.807, 2.05) is 5.51 Å². The molecule has 0 atom stereocenters. The van der Waals surface area contributed by atoms with Crippen molar-refractivity contribution in [2.45, 2.75) is 18.8 Å². The molecule has 3 heteroatoms. The third kappa shape index (κ3) is 0.812. The summed E-state index contributed by atoms with van der Waals surface area (Å²) in [7, 11) is 0. The maximum absolute atomic E-state index is 5.58. The van der Waals surface area contributed by atoms with Crippen molar-refractivity contribution < 1.29 is 0 Å². The van der Waals surface area contributed by atoms with Crippen LogP contribution in [0.3, 0.4) is 0 Å². The molecule has 9 heavy (non-hydrogen) atoms. The van der Waals surface area contributed by atoms with Gasteiger partial charge in [0.05, 0.1) is 10.4 Å². The normalized spacial score (nSPS) is 18.2. The molecule has 0 bridgehead atoms. The summed E-state index contributed by atoms with van der Waals surface area (Å²) >= 11 is 1.68. The van der Waals surface area contributed by atoms with Crippen molar-refractivity contribution >= 4 is 17.2 Å². The SMILES string of the molecule is Nc1ncsc1C1CC1. The van der Waals surface area contributed by atoms with Gasteiger partial charge in [-0.2, -0.15) is 0 Å². The molecule has 0 spiro atoms. The molecular formula is C6H8N2S. The molecule has 1 aromatic rings. The molecule has 1 heterocycles. The van der Waals surface area contributed by atoms with Crippen LogP contribution in [0.1, 0.15) is 23.6 Å². The molecule has 0 unspecified atom stereocenters. The van der Waals surface area contributed by atoms with E-state index in [1.54, 1.807) is 11.3 Å². The predicted molar refractivity (Wildman–Crippen MR) is 38.5 cm³/mol. The number of thiazole rings is 1. The van der Waals surface area contributed by atoms with Crippen LogP contribution in [-0.2, 0) is 0 Å². The van der Waals surface area contributed by atoms with Gasteiger partial charge in [0.1, 0.15) is 5.82 Å². The van der Waals surface area contributed by atoms with Gasteiger partial charge in [0.2, 0.25) is 0 Å². The summed E-state index contributed by atoms with van der Waals surface area (Å²) in [4.78, 5) is 5.28. The summed E-state index contributed by atoms with van der Waals surface area (Å²) in [6.45, 7) is 0. The molecule has 2 rings (SSSR count). The van der Waals surface area contributed by atoms with Crippen LogP contribution >= 0.6 is 11.3 Å². The molecule has 0 radical (unpaired) electrons. The highest BCUT2D eigenvalue weighted by atomic mass is 32.1. The van der Waals surface area contributed by atoms with Crippen LogP contribution in [0.15, 0.2) is 5.51 Å². The fraction of sp³-hybridized carbons (Fsp3) is 0.500. The molecule has 0 aromatic carbocycles. The minimum atomic E-state index is 0.752. The van der Waals surface area contributed by atoms with Crippen molar-refractivity contribution in [2.24, 2.45) is 0 Å². The van der Waals surface area contributed by atoms with Crippen molar-refractivity contribution in [2.75, 3.05) is 5.73 Å². The number of nitrogen functional groups attached to an aromatic ring is 1. The molecule has 0 saturated heterocycles. The Labute approximate surface area is 57.7 Å². The van der Waals surface area contributed by atoms with Gasteiger partial charge in [-0.1, -0.05) is 0 Å². The second-order valence-electron chi connectivity index (χ2n) is 2.38. The third-order valence-corrected chi connectivity index (χ3v) is 2.58. The lowest BCUT2D eigenvalue weighted by Crippen LogP contribution is -1.87. The summed E-state index contributed by atoms with van der Waals surface area (Å²) in [6, 6.07) is 0. The zero-order valence-electron chi connectivity index (χ0n) is 5.00. The van der Waals surface area contributed by atoms with Gasteiger partial charge in [0.15, 0.2) is 0 Å². The van der Waals surface area contributed by atoms with Crippen LogP contribution in [0.5, 0.6) is 0 Å². The van der Waals surface area contributed by atoms with E-state index in [1.165, 1.54) is 17.7 Å². The minimum Gasteiger partial charge on any atom is -0.383 e. The maximum atomic E-state index is 5.58. The van der Waals surface area contributed by atoms with Gasteiger partial charge < -0.3 is 5.73 Å². The monoisotopic (exact) mass is 140 g/mol. The quantitative estimate of drug-likeness (QED) is 0.643. The third-order valence-electron chi connectivity index (χ3n) is 1.57. The zero-order valence-corrected chi connectivity index (χ0v) is 5.82. The standard InChI is InChI=1S/C6H8N2S/c7-6-5(4-1-2-4)9-3-8-6/h3-4H,1-2,7H2. The Morgan fingerprint density at radius 2 is 2.44 bits per heavy atom. The number of rotatable bonds is 1. The van der Waals surface area contributed by atoms with Gasteiger partial charge in [-0.25, -0.2) is 4.98 Å². The summed E-state index contributed by atoms with van der Waals surface area (Å²) in [5, 5.41) is 0. The second-order valence-corrected chi connectivity index (χ2v) is 3.26. The van der Waals surface area contributed by atoms with E-state index in [4.69, 9.17) is 5.73 Å². The summed E-state index contributed by atoms with van der Waals surface area (Å²) in [6.07, 6.45) is 2.62. The lowest BCUT2D eigenvalue weighted by Gasteiger charge is -1.88. The van der Waals surface area contributed by atoms with E-state index in [2.05, 4.69) is 4.98 Å². The molecule has 48 valence electrons. The van der Waals surface area contributed by atoms with Crippen LogP contribution in [-0.4, -0.2) is 4.98 Å². The maximum Gasteiger partial charge on any atom is 0.137 e. The van der Waals surface area contributed by atoms with Crippen molar-refractivity contribution in [1.29, 1.82) is 0 Å². The van der Waals surface area contributed by atoms with Crippen molar-refractivity contribution in [3.63, 3.8) is 0 Å². The van der Waals surface area contributed by atoms with Gasteiger partial charge in [0, 0.05) is 0 Å². The minimum absolute atomic E-state index is 0.752. The van der Waals surface area contributed by atoms with Crippen molar-refractivity contribution in [3.05, 3.63) is 10.4 Å². The molecule has 1 aliphatic rings.